The van der Waals surface area contributed by atoms with Gasteiger partial charge in [0.15, 0.2) is 0 Å². The van der Waals surface area contributed by atoms with Crippen LogP contribution in [0.4, 0.5) is 17.1 Å². The fourth-order valence-electron chi connectivity index (χ4n) is 2.79. The van der Waals surface area contributed by atoms with E-state index in [1.54, 1.807) is 37.3 Å². The summed E-state index contributed by atoms with van der Waals surface area (Å²) < 4.78 is 0. The van der Waals surface area contributed by atoms with Crippen molar-refractivity contribution in [2.24, 2.45) is 0 Å². The lowest BCUT2D eigenvalue weighted by Gasteiger charge is -2.14. The van der Waals surface area contributed by atoms with Crippen LogP contribution in [-0.2, 0) is 9.59 Å². The second-order valence-electron chi connectivity index (χ2n) is 7.13. The van der Waals surface area contributed by atoms with Crippen LogP contribution in [0, 0.1) is 6.92 Å². The monoisotopic (exact) mass is 394 g/mol. The van der Waals surface area contributed by atoms with E-state index in [-0.39, 0.29) is 30.3 Å². The maximum atomic E-state index is 12.4. The average molecular weight is 394 g/mol. The van der Waals surface area contributed by atoms with E-state index in [4.69, 9.17) is 0 Å². The van der Waals surface area contributed by atoms with Gasteiger partial charge in [0.2, 0.25) is 11.8 Å². The first-order valence-corrected chi connectivity index (χ1v) is 9.80. The number of aryl methyl sites for hydroxylation is 1. The Morgan fingerprint density at radius 3 is 2.45 bits per heavy atom. The fourth-order valence-corrected chi connectivity index (χ4v) is 2.79. The molecule has 0 unspecified atom stereocenters. The third-order valence-electron chi connectivity index (χ3n) is 4.64. The number of anilines is 3. The number of carbonyl (C=O) groups excluding carboxylic acids is 3. The molecule has 4 N–H and O–H groups in total. The molecule has 0 spiro atoms. The van der Waals surface area contributed by atoms with Gasteiger partial charge >= 0.3 is 0 Å². The quantitative estimate of drug-likeness (QED) is 0.552. The van der Waals surface area contributed by atoms with Crippen LogP contribution in [0.3, 0.4) is 0 Å². The molecule has 0 atom stereocenters. The van der Waals surface area contributed by atoms with Gasteiger partial charge in [-0.25, -0.2) is 0 Å². The number of para-hydroxylation sites is 1. The van der Waals surface area contributed by atoms with E-state index in [0.717, 1.165) is 24.1 Å². The molecule has 0 heterocycles. The minimum Gasteiger partial charge on any atom is -0.376 e. The van der Waals surface area contributed by atoms with Crippen molar-refractivity contribution in [3.63, 3.8) is 0 Å². The smallest absolute Gasteiger partial charge is 0.253 e. The highest BCUT2D eigenvalue weighted by molar-refractivity contribution is 6.04. The Balaban J connectivity index is 1.61. The second-order valence-corrected chi connectivity index (χ2v) is 7.13. The van der Waals surface area contributed by atoms with Crippen LogP contribution in [-0.4, -0.2) is 30.3 Å². The second kappa shape index (κ2) is 9.23. The molecule has 1 saturated carbocycles. The predicted octanol–water partition coefficient (Wildman–Crippen LogP) is 3.29. The van der Waals surface area contributed by atoms with Gasteiger partial charge in [0.25, 0.3) is 5.91 Å². The van der Waals surface area contributed by atoms with Crippen LogP contribution < -0.4 is 21.3 Å². The maximum Gasteiger partial charge on any atom is 0.253 e. The summed E-state index contributed by atoms with van der Waals surface area (Å²) in [6.07, 6.45) is 2.40. The van der Waals surface area contributed by atoms with Crippen LogP contribution in [0.2, 0.25) is 0 Å². The highest BCUT2D eigenvalue weighted by atomic mass is 16.2. The lowest BCUT2D eigenvalue weighted by molar-refractivity contribution is -0.116. The van der Waals surface area contributed by atoms with Crippen molar-refractivity contribution < 1.29 is 14.4 Å². The molecular weight excluding hydrogens is 368 g/mol. The van der Waals surface area contributed by atoms with Crippen molar-refractivity contribution in [2.75, 3.05) is 22.5 Å². The van der Waals surface area contributed by atoms with E-state index < -0.39 is 0 Å². The van der Waals surface area contributed by atoms with E-state index in [1.165, 1.54) is 0 Å². The van der Waals surface area contributed by atoms with Gasteiger partial charge in [0.1, 0.15) is 0 Å². The van der Waals surface area contributed by atoms with E-state index in [1.807, 2.05) is 19.1 Å². The van der Waals surface area contributed by atoms with Crippen LogP contribution in [0.1, 0.15) is 42.1 Å². The molecule has 3 rings (SSSR count). The first-order chi connectivity index (χ1) is 14.0. The third kappa shape index (κ3) is 5.81. The van der Waals surface area contributed by atoms with E-state index in [9.17, 15) is 14.4 Å². The zero-order valence-electron chi connectivity index (χ0n) is 16.7. The Labute approximate surface area is 170 Å². The number of nitrogens with one attached hydrogen (secondary N) is 4. The number of rotatable bonds is 8. The molecule has 0 bridgehead atoms. The van der Waals surface area contributed by atoms with Crippen molar-refractivity contribution in [1.82, 2.24) is 5.32 Å². The Bertz CT molecular complexity index is 922. The molecule has 0 saturated heterocycles. The number of hydrogen-bond acceptors (Lipinski definition) is 4. The lowest BCUT2D eigenvalue weighted by atomic mass is 10.1. The Morgan fingerprint density at radius 1 is 0.966 bits per heavy atom. The number of amides is 3. The summed E-state index contributed by atoms with van der Waals surface area (Å²) in [6.45, 7) is 3.74. The SMILES string of the molecule is CCC(=O)Nc1ccc(C)c(NCC(=O)Nc2ccccc2C(=O)NC2CC2)c1. The minimum atomic E-state index is -0.265. The van der Waals surface area contributed by atoms with Gasteiger partial charge in [-0.1, -0.05) is 25.1 Å². The van der Waals surface area contributed by atoms with Crippen LogP contribution in [0.25, 0.3) is 0 Å². The number of benzene rings is 2. The molecular formula is C22H26N4O3. The van der Waals surface area contributed by atoms with Crippen molar-refractivity contribution in [3.8, 4) is 0 Å². The summed E-state index contributed by atoms with van der Waals surface area (Å²) in [6, 6.07) is 12.7. The summed E-state index contributed by atoms with van der Waals surface area (Å²) in [4.78, 5) is 36.4. The normalized spacial score (nSPS) is 12.8. The third-order valence-corrected chi connectivity index (χ3v) is 4.64. The molecule has 0 aliphatic heterocycles. The lowest BCUT2D eigenvalue weighted by Crippen LogP contribution is -2.28. The summed E-state index contributed by atoms with van der Waals surface area (Å²) in [5.74, 6) is -0.510. The molecule has 7 heteroatoms. The van der Waals surface area contributed by atoms with E-state index in [0.29, 0.717) is 23.4 Å². The Morgan fingerprint density at radius 2 is 1.72 bits per heavy atom. The zero-order valence-corrected chi connectivity index (χ0v) is 16.7. The van der Waals surface area contributed by atoms with Crippen LogP contribution >= 0.6 is 0 Å². The van der Waals surface area contributed by atoms with Crippen molar-refractivity contribution in [1.29, 1.82) is 0 Å². The molecule has 3 amide bonds. The summed E-state index contributed by atoms with van der Waals surface area (Å²) in [5.41, 5.74) is 3.32. The maximum absolute atomic E-state index is 12.4. The molecule has 29 heavy (non-hydrogen) atoms. The first-order valence-electron chi connectivity index (χ1n) is 9.80. The van der Waals surface area contributed by atoms with E-state index >= 15 is 0 Å². The Kier molecular flexibility index (Phi) is 6.49. The van der Waals surface area contributed by atoms with Crippen molar-refractivity contribution in [2.45, 2.75) is 39.2 Å². The molecule has 1 fully saturated rings. The first kappa shape index (κ1) is 20.4. The van der Waals surface area contributed by atoms with Gasteiger partial charge in [-0.15, -0.1) is 0 Å². The van der Waals surface area contributed by atoms with Crippen LogP contribution in [0.15, 0.2) is 42.5 Å². The van der Waals surface area contributed by atoms with Crippen molar-refractivity contribution in [3.05, 3.63) is 53.6 Å². The van der Waals surface area contributed by atoms with Crippen LogP contribution in [0.5, 0.6) is 0 Å². The standard InChI is InChI=1S/C22H26N4O3/c1-3-20(27)24-16-9-8-14(2)19(12-16)23-13-21(28)26-18-7-5-4-6-17(18)22(29)25-15-10-11-15/h4-9,12,15,23H,3,10-11,13H2,1-2H3,(H,24,27)(H,25,29)(H,26,28). The summed E-state index contributed by atoms with van der Waals surface area (Å²) in [7, 11) is 0. The molecule has 1 aliphatic rings. The van der Waals surface area contributed by atoms with Gasteiger partial charge in [0, 0.05) is 23.8 Å². The molecule has 1 aliphatic carbocycles. The van der Waals surface area contributed by atoms with Gasteiger partial charge < -0.3 is 21.3 Å². The van der Waals surface area contributed by atoms with Gasteiger partial charge in [-0.3, -0.25) is 14.4 Å². The largest absolute Gasteiger partial charge is 0.376 e. The van der Waals surface area contributed by atoms with Gasteiger partial charge in [0.05, 0.1) is 17.8 Å². The fraction of sp³-hybridized carbons (Fsp3) is 0.318. The highest BCUT2D eigenvalue weighted by Crippen LogP contribution is 2.22. The summed E-state index contributed by atoms with van der Waals surface area (Å²) in [5, 5.41) is 11.6. The molecule has 0 aromatic heterocycles. The highest BCUT2D eigenvalue weighted by Gasteiger charge is 2.25. The van der Waals surface area contributed by atoms with Gasteiger partial charge in [-0.05, 0) is 49.6 Å². The number of hydrogen-bond donors (Lipinski definition) is 4. The average Bonchev–Trinajstić information content (AvgIpc) is 3.52. The molecule has 2 aromatic rings. The molecule has 7 nitrogen and oxygen atoms in total. The molecule has 0 radical (unpaired) electrons. The zero-order chi connectivity index (χ0) is 20.8. The minimum absolute atomic E-state index is 0.0323. The Hall–Kier alpha value is -3.35. The summed E-state index contributed by atoms with van der Waals surface area (Å²) >= 11 is 0. The topological polar surface area (TPSA) is 99.3 Å². The number of carbonyl (C=O) groups is 3. The van der Waals surface area contributed by atoms with Gasteiger partial charge in [-0.2, -0.15) is 0 Å². The molecule has 2 aromatic carbocycles. The van der Waals surface area contributed by atoms with E-state index in [2.05, 4.69) is 21.3 Å². The van der Waals surface area contributed by atoms with Crippen molar-refractivity contribution >= 4 is 34.8 Å². The molecule has 152 valence electrons. The predicted molar refractivity (Wildman–Crippen MR) is 114 cm³/mol.